The lowest BCUT2D eigenvalue weighted by Gasteiger charge is -2.39. The molecule has 34 heavy (non-hydrogen) atoms. The molecule has 0 saturated heterocycles. The van der Waals surface area contributed by atoms with E-state index in [0.717, 1.165) is 0 Å². The Bertz CT molecular complexity index is 1310. The van der Waals surface area contributed by atoms with Crippen molar-refractivity contribution in [2.24, 2.45) is 5.14 Å². The lowest BCUT2D eigenvalue weighted by Crippen LogP contribution is -2.37. The molecule has 3 aliphatic rings. The minimum atomic E-state index is -4.17. The molecule has 0 amide bonds. The SMILES string of the molecule is COc1ccc2c(c1OC)C(=O)OC2[C@H]1c2c(c(S(N)(=O)=O)c3c(c2OC)OCO3)CCN1C. The van der Waals surface area contributed by atoms with Crippen LogP contribution in [-0.4, -0.2) is 61.0 Å². The van der Waals surface area contributed by atoms with Crippen molar-refractivity contribution >= 4 is 16.0 Å². The van der Waals surface area contributed by atoms with E-state index < -0.39 is 28.1 Å². The minimum absolute atomic E-state index is 0.0385. The molecule has 3 aliphatic heterocycles. The van der Waals surface area contributed by atoms with Gasteiger partial charge in [0.05, 0.1) is 27.4 Å². The van der Waals surface area contributed by atoms with Gasteiger partial charge in [-0.1, -0.05) is 6.07 Å². The van der Waals surface area contributed by atoms with Crippen LogP contribution in [0.25, 0.3) is 0 Å². The van der Waals surface area contributed by atoms with Gasteiger partial charge in [-0.25, -0.2) is 18.4 Å². The van der Waals surface area contributed by atoms with Gasteiger partial charge in [-0.2, -0.15) is 0 Å². The number of methoxy groups -OCH3 is 3. The maximum Gasteiger partial charge on any atom is 0.343 e. The number of cyclic esters (lactones) is 1. The van der Waals surface area contributed by atoms with Crippen LogP contribution in [-0.2, 0) is 21.2 Å². The van der Waals surface area contributed by atoms with E-state index in [1.165, 1.54) is 21.3 Å². The van der Waals surface area contributed by atoms with Crippen molar-refractivity contribution in [1.82, 2.24) is 4.90 Å². The normalized spacial score (nSPS) is 21.0. The number of nitrogens with two attached hydrogens (primary N) is 1. The molecule has 0 radical (unpaired) electrons. The van der Waals surface area contributed by atoms with E-state index in [1.54, 1.807) is 12.1 Å². The van der Waals surface area contributed by atoms with E-state index in [9.17, 15) is 13.2 Å². The van der Waals surface area contributed by atoms with E-state index in [2.05, 4.69) is 0 Å². The predicted octanol–water partition coefficient (Wildman–Crippen LogP) is 1.53. The van der Waals surface area contributed by atoms with Crippen molar-refractivity contribution in [3.05, 3.63) is 34.4 Å². The number of primary sulfonamides is 1. The molecule has 0 spiro atoms. The van der Waals surface area contributed by atoms with Crippen LogP contribution in [0.1, 0.15) is 39.2 Å². The molecule has 11 nitrogen and oxygen atoms in total. The molecule has 0 fully saturated rings. The second kappa shape index (κ2) is 7.93. The summed E-state index contributed by atoms with van der Waals surface area (Å²) in [6.07, 6.45) is -0.422. The van der Waals surface area contributed by atoms with E-state index in [4.69, 9.17) is 33.6 Å². The topological polar surface area (TPSA) is 136 Å². The molecular formula is C22H24N2O9S. The van der Waals surface area contributed by atoms with Crippen LogP contribution in [0.3, 0.4) is 0 Å². The average Bonchev–Trinajstić information content (AvgIpc) is 3.40. The van der Waals surface area contributed by atoms with Gasteiger partial charge in [-0.05, 0) is 25.1 Å². The predicted molar refractivity (Wildman–Crippen MR) is 117 cm³/mol. The Morgan fingerprint density at radius 1 is 1.06 bits per heavy atom. The van der Waals surface area contributed by atoms with Crippen LogP contribution in [0, 0.1) is 0 Å². The van der Waals surface area contributed by atoms with Crippen molar-refractivity contribution in [3.63, 3.8) is 0 Å². The highest BCUT2D eigenvalue weighted by molar-refractivity contribution is 7.89. The highest BCUT2D eigenvalue weighted by Crippen LogP contribution is 2.57. The Labute approximate surface area is 196 Å². The van der Waals surface area contributed by atoms with E-state index in [-0.39, 0.29) is 34.5 Å². The van der Waals surface area contributed by atoms with Crippen LogP contribution in [0.15, 0.2) is 17.0 Å². The molecule has 0 aliphatic carbocycles. The molecule has 2 aromatic rings. The molecule has 3 heterocycles. The molecule has 182 valence electrons. The van der Waals surface area contributed by atoms with Gasteiger partial charge >= 0.3 is 5.97 Å². The number of likely N-dealkylation sites (N-methyl/N-ethyl adjacent to an activating group) is 1. The first-order valence-electron chi connectivity index (χ1n) is 10.4. The molecular weight excluding hydrogens is 468 g/mol. The number of hydrogen-bond acceptors (Lipinski definition) is 10. The van der Waals surface area contributed by atoms with Gasteiger partial charge in [0.2, 0.25) is 22.6 Å². The largest absolute Gasteiger partial charge is 0.493 e. The first-order valence-corrected chi connectivity index (χ1v) is 12.0. The van der Waals surface area contributed by atoms with Gasteiger partial charge in [0.1, 0.15) is 16.6 Å². The Balaban J connectivity index is 1.78. The Morgan fingerprint density at radius 2 is 1.76 bits per heavy atom. The fraction of sp³-hybridized carbons (Fsp3) is 0.409. The Hall–Kier alpha value is -3.22. The average molecular weight is 493 g/mol. The second-order valence-electron chi connectivity index (χ2n) is 8.13. The molecule has 12 heteroatoms. The molecule has 5 rings (SSSR count). The van der Waals surface area contributed by atoms with Gasteiger partial charge in [-0.3, -0.25) is 4.90 Å². The quantitative estimate of drug-likeness (QED) is 0.612. The number of hydrogen-bond donors (Lipinski definition) is 1. The highest BCUT2D eigenvalue weighted by atomic mass is 32.2. The third kappa shape index (κ3) is 3.09. The van der Waals surface area contributed by atoms with E-state index >= 15 is 0 Å². The third-order valence-electron chi connectivity index (χ3n) is 6.45. The molecule has 2 N–H and O–H groups in total. The number of benzene rings is 2. The summed E-state index contributed by atoms with van der Waals surface area (Å²) in [6, 6.07) is 2.84. The second-order valence-corrected chi connectivity index (χ2v) is 9.63. The van der Waals surface area contributed by atoms with Gasteiger partial charge in [0, 0.05) is 17.7 Å². The lowest BCUT2D eigenvalue weighted by atomic mass is 9.85. The summed E-state index contributed by atoms with van der Waals surface area (Å²) in [4.78, 5) is 14.8. The minimum Gasteiger partial charge on any atom is -0.493 e. The first-order chi connectivity index (χ1) is 16.2. The van der Waals surface area contributed by atoms with Crippen molar-refractivity contribution < 1.29 is 41.6 Å². The highest BCUT2D eigenvalue weighted by Gasteiger charge is 2.48. The Kier molecular flexibility index (Phi) is 5.26. The summed E-state index contributed by atoms with van der Waals surface area (Å²) in [5.74, 6) is 0.612. The van der Waals surface area contributed by atoms with Gasteiger partial charge < -0.3 is 28.4 Å². The number of carbonyl (C=O) groups excluding carboxylic acids is 1. The zero-order valence-corrected chi connectivity index (χ0v) is 19.9. The number of sulfonamides is 1. The third-order valence-corrected chi connectivity index (χ3v) is 7.45. The molecule has 0 aromatic heterocycles. The summed E-state index contributed by atoms with van der Waals surface area (Å²) in [6.45, 7) is 0.301. The van der Waals surface area contributed by atoms with E-state index in [0.29, 0.717) is 41.2 Å². The summed E-state index contributed by atoms with van der Waals surface area (Å²) >= 11 is 0. The number of carbonyl (C=O) groups is 1. The van der Waals surface area contributed by atoms with Crippen LogP contribution in [0.5, 0.6) is 28.7 Å². The number of nitrogens with zero attached hydrogens (tertiary/aromatic N) is 1. The van der Waals surface area contributed by atoms with Crippen molar-refractivity contribution in [3.8, 4) is 28.7 Å². The summed E-state index contributed by atoms with van der Waals surface area (Å²) in [7, 11) is 2.08. The monoisotopic (exact) mass is 492 g/mol. The smallest absolute Gasteiger partial charge is 0.343 e. The van der Waals surface area contributed by atoms with Crippen molar-refractivity contribution in [1.29, 1.82) is 0 Å². The zero-order valence-electron chi connectivity index (χ0n) is 19.0. The molecule has 2 aromatic carbocycles. The Morgan fingerprint density at radius 3 is 2.41 bits per heavy atom. The van der Waals surface area contributed by atoms with Crippen LogP contribution in [0.2, 0.25) is 0 Å². The fourth-order valence-electron chi connectivity index (χ4n) is 5.09. The summed E-state index contributed by atoms with van der Waals surface area (Å²) in [5, 5.41) is 5.61. The first kappa shape index (κ1) is 22.6. The van der Waals surface area contributed by atoms with Gasteiger partial charge in [0.15, 0.2) is 23.0 Å². The number of fused-ring (bicyclic) bond motifs is 3. The standard InChI is InChI=1S/C22H24N2O9S/c1-24-8-7-11-13(18(30-4)19-20(32-9-31-19)21(11)34(23,26)27)15(24)16-10-5-6-12(28-2)17(29-3)14(10)22(25)33-16/h5-6,15-16H,7-9H2,1-4H3,(H2,23,26,27)/t15-,16?/m1/s1. The lowest BCUT2D eigenvalue weighted by molar-refractivity contribution is 0.00855. The summed E-state index contributed by atoms with van der Waals surface area (Å²) < 4.78 is 58.7. The molecule has 1 unspecified atom stereocenters. The van der Waals surface area contributed by atoms with Crippen LogP contribution >= 0.6 is 0 Å². The molecule has 2 atom stereocenters. The van der Waals surface area contributed by atoms with Crippen molar-refractivity contribution in [2.75, 3.05) is 41.7 Å². The van der Waals surface area contributed by atoms with Crippen molar-refractivity contribution in [2.45, 2.75) is 23.5 Å². The van der Waals surface area contributed by atoms with E-state index in [1.807, 2.05) is 11.9 Å². The maximum atomic E-state index is 13.0. The zero-order chi connectivity index (χ0) is 24.4. The fourth-order valence-corrected chi connectivity index (χ4v) is 6.06. The number of rotatable bonds is 5. The van der Waals surface area contributed by atoms with Crippen LogP contribution < -0.4 is 28.8 Å². The maximum absolute atomic E-state index is 13.0. The molecule has 0 saturated carbocycles. The number of esters is 1. The van der Waals surface area contributed by atoms with Gasteiger partial charge in [0.25, 0.3) is 0 Å². The van der Waals surface area contributed by atoms with Gasteiger partial charge in [-0.15, -0.1) is 0 Å². The molecule has 0 bridgehead atoms. The number of ether oxygens (including phenoxy) is 6. The summed E-state index contributed by atoms with van der Waals surface area (Å²) in [5.41, 5.74) is 1.82. The van der Waals surface area contributed by atoms with Crippen LogP contribution in [0.4, 0.5) is 0 Å².